The predicted octanol–water partition coefficient (Wildman–Crippen LogP) is 0.663. The Labute approximate surface area is 145 Å². The van der Waals surface area contributed by atoms with Gasteiger partial charge in [-0.05, 0) is 18.1 Å². The van der Waals surface area contributed by atoms with Crippen molar-refractivity contribution in [3.63, 3.8) is 0 Å². The lowest BCUT2D eigenvalue weighted by Gasteiger charge is -2.20. The van der Waals surface area contributed by atoms with Gasteiger partial charge in [0.15, 0.2) is 0 Å². The number of ether oxygens (including phenoxy) is 1. The number of benzene rings is 1. The summed E-state index contributed by atoms with van der Waals surface area (Å²) in [5.74, 6) is -1.81. The lowest BCUT2D eigenvalue weighted by atomic mass is 9.98. The third-order valence-corrected chi connectivity index (χ3v) is 3.99. The molecule has 25 heavy (non-hydrogen) atoms. The van der Waals surface area contributed by atoms with Gasteiger partial charge in [0.1, 0.15) is 11.5 Å². The summed E-state index contributed by atoms with van der Waals surface area (Å²) >= 11 is 0. The molecule has 8 nitrogen and oxygen atoms in total. The standard InChI is InChI=1S/C17H21N3O5/c1-20-15(21)8-7-13(19-20)16(22)18-10-12(17(23)24)9-11-5-3-4-6-14(11)25-2/h3-6,12H,7-10H2,1-2H3,(H,18,22)(H,23,24). The Morgan fingerprint density at radius 2 is 2.08 bits per heavy atom. The number of methoxy groups -OCH3 is 1. The number of carboxylic acid groups (broad SMARTS) is 1. The summed E-state index contributed by atoms with van der Waals surface area (Å²) in [4.78, 5) is 35.0. The molecule has 1 aliphatic rings. The fourth-order valence-corrected chi connectivity index (χ4v) is 2.53. The lowest BCUT2D eigenvalue weighted by Crippen LogP contribution is -2.41. The minimum Gasteiger partial charge on any atom is -0.496 e. The van der Waals surface area contributed by atoms with Crippen molar-refractivity contribution in [2.24, 2.45) is 11.0 Å². The molecule has 2 rings (SSSR count). The van der Waals surface area contributed by atoms with Crippen LogP contribution in [0.3, 0.4) is 0 Å². The average molecular weight is 347 g/mol. The minimum atomic E-state index is -1.01. The molecule has 1 aromatic carbocycles. The highest BCUT2D eigenvalue weighted by Crippen LogP contribution is 2.21. The number of rotatable bonds is 7. The van der Waals surface area contributed by atoms with Gasteiger partial charge in [-0.15, -0.1) is 0 Å². The van der Waals surface area contributed by atoms with Crippen molar-refractivity contribution in [2.45, 2.75) is 19.3 Å². The second kappa shape index (κ2) is 8.27. The number of carbonyl (C=O) groups excluding carboxylic acids is 2. The van der Waals surface area contributed by atoms with E-state index in [1.54, 1.807) is 24.3 Å². The maximum atomic E-state index is 12.2. The van der Waals surface area contributed by atoms with Crippen LogP contribution in [0.1, 0.15) is 18.4 Å². The number of nitrogens with zero attached hydrogens (tertiary/aromatic N) is 2. The van der Waals surface area contributed by atoms with Crippen LogP contribution in [0.15, 0.2) is 29.4 Å². The Kier molecular flexibility index (Phi) is 6.10. The molecular formula is C17H21N3O5. The molecule has 0 saturated heterocycles. The Balaban J connectivity index is 2.00. The third-order valence-electron chi connectivity index (χ3n) is 3.99. The number of hydrogen-bond acceptors (Lipinski definition) is 5. The Hall–Kier alpha value is -2.90. The van der Waals surface area contributed by atoms with E-state index in [4.69, 9.17) is 4.74 Å². The van der Waals surface area contributed by atoms with Crippen molar-refractivity contribution in [1.82, 2.24) is 10.3 Å². The van der Waals surface area contributed by atoms with E-state index in [0.29, 0.717) is 5.75 Å². The summed E-state index contributed by atoms with van der Waals surface area (Å²) in [6, 6.07) is 7.16. The van der Waals surface area contributed by atoms with Gasteiger partial charge < -0.3 is 15.2 Å². The van der Waals surface area contributed by atoms with E-state index in [1.807, 2.05) is 0 Å². The van der Waals surface area contributed by atoms with Gasteiger partial charge in [-0.3, -0.25) is 14.4 Å². The molecule has 0 aliphatic carbocycles. The van der Waals surface area contributed by atoms with Crippen LogP contribution < -0.4 is 10.1 Å². The quantitative estimate of drug-likeness (QED) is 0.753. The second-order valence-electron chi connectivity index (χ2n) is 5.73. The molecule has 1 aliphatic heterocycles. The summed E-state index contributed by atoms with van der Waals surface area (Å²) < 4.78 is 5.23. The summed E-state index contributed by atoms with van der Waals surface area (Å²) in [6.45, 7) is -0.0388. The van der Waals surface area contributed by atoms with Gasteiger partial charge in [-0.1, -0.05) is 18.2 Å². The first-order chi connectivity index (χ1) is 11.9. The fraction of sp³-hybridized carbons (Fsp3) is 0.412. The van der Waals surface area contributed by atoms with Gasteiger partial charge in [0.25, 0.3) is 5.91 Å². The SMILES string of the molecule is COc1ccccc1CC(CNC(=O)C1=NN(C)C(=O)CC1)C(=O)O. The molecule has 2 amide bonds. The van der Waals surface area contributed by atoms with Gasteiger partial charge in [-0.2, -0.15) is 5.10 Å². The molecule has 0 aromatic heterocycles. The van der Waals surface area contributed by atoms with Gasteiger partial charge in [-0.25, -0.2) is 5.01 Å². The summed E-state index contributed by atoms with van der Waals surface area (Å²) in [6.07, 6.45) is 0.691. The lowest BCUT2D eigenvalue weighted by molar-refractivity contribution is -0.141. The maximum Gasteiger partial charge on any atom is 0.308 e. The molecule has 0 spiro atoms. The highest BCUT2D eigenvalue weighted by molar-refractivity contribution is 6.39. The minimum absolute atomic E-state index is 0.0388. The van der Waals surface area contributed by atoms with E-state index in [1.165, 1.54) is 14.2 Å². The normalized spacial score (nSPS) is 15.4. The summed E-state index contributed by atoms with van der Waals surface area (Å²) in [7, 11) is 3.01. The highest BCUT2D eigenvalue weighted by atomic mass is 16.5. The number of amides is 2. The van der Waals surface area contributed by atoms with Crippen molar-refractivity contribution in [2.75, 3.05) is 20.7 Å². The predicted molar refractivity (Wildman–Crippen MR) is 90.3 cm³/mol. The van der Waals surface area contributed by atoms with E-state index in [9.17, 15) is 19.5 Å². The first kappa shape index (κ1) is 18.4. The van der Waals surface area contributed by atoms with Crippen LogP contribution in [-0.4, -0.2) is 54.3 Å². The van der Waals surface area contributed by atoms with E-state index < -0.39 is 17.8 Å². The molecule has 1 aromatic rings. The van der Waals surface area contributed by atoms with Gasteiger partial charge in [0, 0.05) is 26.4 Å². The highest BCUT2D eigenvalue weighted by Gasteiger charge is 2.25. The topological polar surface area (TPSA) is 108 Å². The summed E-state index contributed by atoms with van der Waals surface area (Å²) in [5.41, 5.74) is 0.982. The van der Waals surface area contributed by atoms with Crippen LogP contribution in [0.4, 0.5) is 0 Å². The molecular weight excluding hydrogens is 326 g/mol. The molecule has 1 heterocycles. The van der Waals surface area contributed by atoms with Crippen LogP contribution >= 0.6 is 0 Å². The van der Waals surface area contributed by atoms with E-state index in [-0.39, 0.29) is 37.4 Å². The number of carboxylic acids is 1. The van der Waals surface area contributed by atoms with Gasteiger partial charge in [0.05, 0.1) is 13.0 Å². The van der Waals surface area contributed by atoms with Crippen molar-refractivity contribution in [1.29, 1.82) is 0 Å². The van der Waals surface area contributed by atoms with Crippen molar-refractivity contribution in [3.8, 4) is 5.75 Å². The molecule has 0 radical (unpaired) electrons. The van der Waals surface area contributed by atoms with Crippen LogP contribution in [-0.2, 0) is 20.8 Å². The van der Waals surface area contributed by atoms with Crippen molar-refractivity contribution in [3.05, 3.63) is 29.8 Å². The van der Waals surface area contributed by atoms with Crippen molar-refractivity contribution >= 4 is 23.5 Å². The fourth-order valence-electron chi connectivity index (χ4n) is 2.53. The monoisotopic (exact) mass is 347 g/mol. The second-order valence-corrected chi connectivity index (χ2v) is 5.73. The molecule has 1 unspecified atom stereocenters. The van der Waals surface area contributed by atoms with Crippen LogP contribution in [0, 0.1) is 5.92 Å². The van der Waals surface area contributed by atoms with Gasteiger partial charge >= 0.3 is 5.97 Å². The molecule has 2 N–H and O–H groups in total. The molecule has 0 bridgehead atoms. The first-order valence-corrected chi connectivity index (χ1v) is 7.89. The molecule has 0 fully saturated rings. The number of aliphatic carboxylic acids is 1. The first-order valence-electron chi connectivity index (χ1n) is 7.89. The molecule has 8 heteroatoms. The number of para-hydroxylation sites is 1. The molecule has 0 saturated carbocycles. The number of hydrogen-bond donors (Lipinski definition) is 2. The Bertz CT molecular complexity index is 701. The Morgan fingerprint density at radius 1 is 1.36 bits per heavy atom. The van der Waals surface area contributed by atoms with Crippen LogP contribution in [0.25, 0.3) is 0 Å². The van der Waals surface area contributed by atoms with Crippen molar-refractivity contribution < 1.29 is 24.2 Å². The van der Waals surface area contributed by atoms with E-state index in [0.717, 1.165) is 10.6 Å². The number of carbonyl (C=O) groups is 3. The van der Waals surface area contributed by atoms with Crippen LogP contribution in [0.5, 0.6) is 5.75 Å². The summed E-state index contributed by atoms with van der Waals surface area (Å²) in [5, 5.41) is 17.1. The maximum absolute atomic E-state index is 12.2. The Morgan fingerprint density at radius 3 is 2.72 bits per heavy atom. The zero-order chi connectivity index (χ0) is 18.4. The third kappa shape index (κ3) is 4.79. The number of nitrogens with one attached hydrogen (secondary N) is 1. The molecule has 1 atom stereocenters. The van der Waals surface area contributed by atoms with E-state index >= 15 is 0 Å². The zero-order valence-electron chi connectivity index (χ0n) is 14.2. The molecule has 134 valence electrons. The average Bonchev–Trinajstić information content (AvgIpc) is 2.60. The van der Waals surface area contributed by atoms with Crippen LogP contribution in [0.2, 0.25) is 0 Å². The smallest absolute Gasteiger partial charge is 0.308 e. The van der Waals surface area contributed by atoms with Gasteiger partial charge in [0.2, 0.25) is 5.91 Å². The zero-order valence-corrected chi connectivity index (χ0v) is 14.2. The number of hydrazone groups is 1. The van der Waals surface area contributed by atoms with E-state index in [2.05, 4.69) is 10.4 Å². The largest absolute Gasteiger partial charge is 0.496 e.